The van der Waals surface area contributed by atoms with Gasteiger partial charge < -0.3 is 0 Å². The van der Waals surface area contributed by atoms with Gasteiger partial charge in [0.2, 0.25) is 0 Å². The van der Waals surface area contributed by atoms with Crippen LogP contribution >= 0.6 is 34.2 Å². The summed E-state index contributed by atoms with van der Waals surface area (Å²) in [7, 11) is 0. The van der Waals surface area contributed by atoms with E-state index >= 15 is 0 Å². The molecule has 0 atom stereocenters. The van der Waals surface area contributed by atoms with Crippen LogP contribution in [0.3, 0.4) is 0 Å². The van der Waals surface area contributed by atoms with Crippen LogP contribution in [0.25, 0.3) is 0 Å². The van der Waals surface area contributed by atoms with Gasteiger partial charge in [-0.1, -0.05) is 17.7 Å². The van der Waals surface area contributed by atoms with Gasteiger partial charge >= 0.3 is 0 Å². The number of benzene rings is 1. The fourth-order valence-electron chi connectivity index (χ4n) is 1.34. The Kier molecular flexibility index (Phi) is 3.56. The van der Waals surface area contributed by atoms with Crippen LogP contribution in [0.4, 0.5) is 0 Å². The highest BCUT2D eigenvalue weighted by molar-refractivity contribution is 14.1. The van der Waals surface area contributed by atoms with Gasteiger partial charge in [0.15, 0.2) is 5.78 Å². The number of ketones is 1. The van der Waals surface area contributed by atoms with E-state index in [1.54, 1.807) is 30.6 Å². The average molecular weight is 344 g/mol. The second-order valence-electron chi connectivity index (χ2n) is 3.17. The van der Waals surface area contributed by atoms with Gasteiger partial charge in [-0.2, -0.15) is 0 Å². The van der Waals surface area contributed by atoms with Crippen molar-refractivity contribution in [3.05, 3.63) is 62.4 Å². The maximum atomic E-state index is 12.1. The van der Waals surface area contributed by atoms with Gasteiger partial charge in [0.25, 0.3) is 0 Å². The number of nitrogens with zero attached hydrogens (tertiary/aromatic N) is 1. The molecule has 0 saturated heterocycles. The molecule has 0 radical (unpaired) electrons. The molecule has 0 aliphatic heterocycles. The maximum Gasteiger partial charge on any atom is 0.194 e. The molecule has 1 aromatic carbocycles. The lowest BCUT2D eigenvalue weighted by atomic mass is 10.0. The van der Waals surface area contributed by atoms with E-state index in [0.29, 0.717) is 16.1 Å². The van der Waals surface area contributed by atoms with Crippen LogP contribution in [0.2, 0.25) is 5.02 Å². The van der Waals surface area contributed by atoms with Crippen molar-refractivity contribution in [3.63, 3.8) is 0 Å². The normalized spacial score (nSPS) is 10.1. The van der Waals surface area contributed by atoms with E-state index in [1.165, 1.54) is 0 Å². The fraction of sp³-hybridized carbons (Fsp3) is 0. The van der Waals surface area contributed by atoms with E-state index in [9.17, 15) is 4.79 Å². The number of carbonyl (C=O) groups is 1. The summed E-state index contributed by atoms with van der Waals surface area (Å²) in [5.41, 5.74) is 1.12. The van der Waals surface area contributed by atoms with Gasteiger partial charge in [0, 0.05) is 27.1 Å². The highest BCUT2D eigenvalue weighted by Crippen LogP contribution is 2.24. The first kappa shape index (κ1) is 11.5. The molecular formula is C12H7ClINO. The molecule has 0 amide bonds. The SMILES string of the molecule is O=C(c1ccncc1)c1cccc(I)c1Cl. The molecule has 2 aromatic rings. The van der Waals surface area contributed by atoms with Crippen molar-refractivity contribution in [1.29, 1.82) is 0 Å². The zero-order valence-electron chi connectivity index (χ0n) is 8.15. The molecule has 0 spiro atoms. The summed E-state index contributed by atoms with van der Waals surface area (Å²) >= 11 is 8.20. The molecule has 0 unspecified atom stereocenters. The number of rotatable bonds is 2. The van der Waals surface area contributed by atoms with E-state index in [4.69, 9.17) is 11.6 Å². The number of hydrogen-bond donors (Lipinski definition) is 0. The second kappa shape index (κ2) is 4.93. The number of carbonyl (C=O) groups excluding carboxylic acids is 1. The molecule has 1 heterocycles. The Labute approximate surface area is 112 Å². The Morgan fingerprint density at radius 3 is 2.56 bits per heavy atom. The first-order valence-corrected chi connectivity index (χ1v) is 6.04. The summed E-state index contributed by atoms with van der Waals surface area (Å²) in [6.45, 7) is 0. The van der Waals surface area contributed by atoms with E-state index in [2.05, 4.69) is 27.6 Å². The first-order valence-electron chi connectivity index (χ1n) is 4.59. The van der Waals surface area contributed by atoms with Gasteiger partial charge in [-0.3, -0.25) is 9.78 Å². The largest absolute Gasteiger partial charge is 0.289 e. The van der Waals surface area contributed by atoms with Crippen molar-refractivity contribution in [1.82, 2.24) is 4.98 Å². The van der Waals surface area contributed by atoms with Gasteiger partial charge in [-0.25, -0.2) is 0 Å². The van der Waals surface area contributed by atoms with E-state index in [1.807, 2.05) is 12.1 Å². The van der Waals surface area contributed by atoms with E-state index < -0.39 is 0 Å². The van der Waals surface area contributed by atoms with Crippen molar-refractivity contribution >= 4 is 40.0 Å². The quantitative estimate of drug-likeness (QED) is 0.616. The molecule has 0 fully saturated rings. The number of pyridine rings is 1. The smallest absolute Gasteiger partial charge is 0.194 e. The topological polar surface area (TPSA) is 30.0 Å². The molecule has 80 valence electrons. The molecule has 2 rings (SSSR count). The summed E-state index contributed by atoms with van der Waals surface area (Å²) in [5.74, 6) is -0.0779. The highest BCUT2D eigenvalue weighted by Gasteiger charge is 2.13. The first-order chi connectivity index (χ1) is 7.70. The predicted octanol–water partition coefficient (Wildman–Crippen LogP) is 3.57. The van der Waals surface area contributed by atoms with Crippen molar-refractivity contribution in [3.8, 4) is 0 Å². The Morgan fingerprint density at radius 2 is 1.88 bits per heavy atom. The van der Waals surface area contributed by atoms with Gasteiger partial charge in [-0.05, 0) is 46.9 Å². The van der Waals surface area contributed by atoms with Gasteiger partial charge in [0.1, 0.15) is 0 Å². The number of halogens is 2. The molecule has 16 heavy (non-hydrogen) atoms. The van der Waals surface area contributed by atoms with Crippen molar-refractivity contribution in [2.75, 3.05) is 0 Å². The van der Waals surface area contributed by atoms with Crippen molar-refractivity contribution in [2.24, 2.45) is 0 Å². The predicted molar refractivity (Wildman–Crippen MR) is 71.8 cm³/mol. The minimum atomic E-state index is -0.0779. The Hall–Kier alpha value is -0.940. The van der Waals surface area contributed by atoms with E-state index in [-0.39, 0.29) is 5.78 Å². The lowest BCUT2D eigenvalue weighted by molar-refractivity contribution is 0.103. The van der Waals surface area contributed by atoms with Crippen LogP contribution in [0, 0.1) is 3.57 Å². The lowest BCUT2D eigenvalue weighted by Crippen LogP contribution is -2.02. The molecule has 2 nitrogen and oxygen atoms in total. The van der Waals surface area contributed by atoms with E-state index in [0.717, 1.165) is 3.57 Å². The third-order valence-electron chi connectivity index (χ3n) is 2.14. The Morgan fingerprint density at radius 1 is 1.19 bits per heavy atom. The summed E-state index contributed by atoms with van der Waals surface area (Å²) < 4.78 is 0.874. The Balaban J connectivity index is 2.46. The number of aromatic nitrogens is 1. The Bertz CT molecular complexity index is 528. The van der Waals surface area contributed by atoms with Gasteiger partial charge in [0.05, 0.1) is 5.02 Å². The maximum absolute atomic E-state index is 12.1. The molecule has 4 heteroatoms. The van der Waals surface area contributed by atoms with Crippen LogP contribution in [0.1, 0.15) is 15.9 Å². The fourth-order valence-corrected chi connectivity index (χ4v) is 2.05. The van der Waals surface area contributed by atoms with Gasteiger partial charge in [-0.15, -0.1) is 0 Å². The average Bonchev–Trinajstić information content (AvgIpc) is 2.33. The van der Waals surface area contributed by atoms with Crippen LogP contribution in [-0.4, -0.2) is 10.8 Å². The lowest BCUT2D eigenvalue weighted by Gasteiger charge is -2.04. The molecule has 0 aliphatic carbocycles. The van der Waals surface area contributed by atoms with Crippen molar-refractivity contribution < 1.29 is 4.79 Å². The molecule has 0 aliphatic rings. The zero-order chi connectivity index (χ0) is 11.5. The molecule has 0 bridgehead atoms. The van der Waals surface area contributed by atoms with Crippen LogP contribution in [-0.2, 0) is 0 Å². The third kappa shape index (κ3) is 2.25. The van der Waals surface area contributed by atoms with Crippen LogP contribution in [0.15, 0.2) is 42.7 Å². The third-order valence-corrected chi connectivity index (χ3v) is 3.76. The minimum absolute atomic E-state index is 0.0779. The monoisotopic (exact) mass is 343 g/mol. The second-order valence-corrected chi connectivity index (χ2v) is 4.71. The zero-order valence-corrected chi connectivity index (χ0v) is 11.1. The minimum Gasteiger partial charge on any atom is -0.289 e. The summed E-state index contributed by atoms with van der Waals surface area (Å²) in [4.78, 5) is 16.0. The summed E-state index contributed by atoms with van der Waals surface area (Å²) in [6.07, 6.45) is 3.18. The highest BCUT2D eigenvalue weighted by atomic mass is 127. The molecule has 1 aromatic heterocycles. The summed E-state index contributed by atoms with van der Waals surface area (Å²) in [5, 5.41) is 0.505. The number of hydrogen-bond acceptors (Lipinski definition) is 2. The standard InChI is InChI=1S/C12H7ClINO/c13-11-9(2-1-3-10(11)14)12(16)8-4-6-15-7-5-8/h1-7H. The molecule has 0 saturated carbocycles. The van der Waals surface area contributed by atoms with Crippen LogP contribution in [0.5, 0.6) is 0 Å². The summed E-state index contributed by atoms with van der Waals surface area (Å²) in [6, 6.07) is 8.78. The molecular weight excluding hydrogens is 336 g/mol. The molecule has 0 N–H and O–H groups in total. The van der Waals surface area contributed by atoms with Crippen molar-refractivity contribution in [2.45, 2.75) is 0 Å². The van der Waals surface area contributed by atoms with Crippen LogP contribution < -0.4 is 0 Å².